The van der Waals surface area contributed by atoms with Crippen LogP contribution in [-0.2, 0) is 10.2 Å². The van der Waals surface area contributed by atoms with Gasteiger partial charge in [-0.05, 0) is 51.9 Å². The Morgan fingerprint density at radius 2 is 2.00 bits per heavy atom. The van der Waals surface area contributed by atoms with E-state index in [1.807, 2.05) is 6.07 Å². The van der Waals surface area contributed by atoms with Gasteiger partial charge in [0.2, 0.25) is 0 Å². The minimum absolute atomic E-state index is 0.210. The summed E-state index contributed by atoms with van der Waals surface area (Å²) in [5.41, 5.74) is 1.14. The summed E-state index contributed by atoms with van der Waals surface area (Å²) in [6, 6.07) is 1.89. The highest BCUT2D eigenvalue weighted by Gasteiger charge is 2.48. The molecular weight excluding hydrogens is 336 g/mol. The predicted molar refractivity (Wildman–Crippen MR) is 82.4 cm³/mol. The molecule has 1 aromatic rings. The van der Waals surface area contributed by atoms with Gasteiger partial charge < -0.3 is 14.6 Å². The number of aliphatic carboxylic acids is 1. The summed E-state index contributed by atoms with van der Waals surface area (Å²) in [6.45, 7) is 5.17. The molecule has 1 aromatic carbocycles. The first-order chi connectivity index (χ1) is 9.97. The number of hydrogen-bond donors (Lipinski definition) is 1. The van der Waals surface area contributed by atoms with Gasteiger partial charge in [0.15, 0.2) is 11.5 Å². The van der Waals surface area contributed by atoms with Crippen molar-refractivity contribution in [1.29, 1.82) is 0 Å². The Kier molecular flexibility index (Phi) is 3.64. The van der Waals surface area contributed by atoms with Crippen molar-refractivity contribution in [3.63, 3.8) is 0 Å². The van der Waals surface area contributed by atoms with E-state index in [4.69, 9.17) is 9.47 Å². The highest BCUT2D eigenvalue weighted by Crippen LogP contribution is 2.52. The lowest BCUT2D eigenvalue weighted by molar-refractivity contribution is -0.147. The summed E-state index contributed by atoms with van der Waals surface area (Å²) in [5, 5.41) is 9.75. The molecule has 0 aromatic heterocycles. The van der Waals surface area contributed by atoms with Gasteiger partial charge in [-0.25, -0.2) is 0 Å². The molecule has 0 radical (unpaired) electrons. The van der Waals surface area contributed by atoms with Crippen LogP contribution in [0.25, 0.3) is 0 Å². The molecule has 21 heavy (non-hydrogen) atoms. The molecule has 0 amide bonds. The molecule has 5 heteroatoms. The van der Waals surface area contributed by atoms with Gasteiger partial charge in [0, 0.05) is 0 Å². The fourth-order valence-corrected chi connectivity index (χ4v) is 4.23. The summed E-state index contributed by atoms with van der Waals surface area (Å²) >= 11 is 3.62. The Morgan fingerprint density at radius 3 is 2.52 bits per heavy atom. The molecule has 0 unspecified atom stereocenters. The third-order valence-electron chi connectivity index (χ3n) is 4.52. The van der Waals surface area contributed by atoms with Gasteiger partial charge in [-0.3, -0.25) is 4.79 Å². The van der Waals surface area contributed by atoms with Crippen LogP contribution in [0.2, 0.25) is 0 Å². The van der Waals surface area contributed by atoms with Crippen LogP contribution in [0.15, 0.2) is 10.5 Å². The lowest BCUT2D eigenvalue weighted by Crippen LogP contribution is -2.43. The lowest BCUT2D eigenvalue weighted by atomic mass is 9.62. The van der Waals surface area contributed by atoms with Crippen molar-refractivity contribution in [3.05, 3.63) is 21.7 Å². The highest BCUT2D eigenvalue weighted by molar-refractivity contribution is 9.10. The Balaban J connectivity index is 2.24. The van der Waals surface area contributed by atoms with E-state index < -0.39 is 11.4 Å². The van der Waals surface area contributed by atoms with E-state index in [0.717, 1.165) is 22.0 Å². The minimum Gasteiger partial charge on any atom is -0.486 e. The van der Waals surface area contributed by atoms with Gasteiger partial charge in [-0.2, -0.15) is 0 Å². The van der Waals surface area contributed by atoms with E-state index in [9.17, 15) is 9.90 Å². The molecule has 1 N–H and O–H groups in total. The van der Waals surface area contributed by atoms with Gasteiger partial charge in [-0.15, -0.1) is 0 Å². The summed E-state index contributed by atoms with van der Waals surface area (Å²) < 4.78 is 12.2. The first-order valence-electron chi connectivity index (χ1n) is 7.33. The minimum atomic E-state index is -0.766. The van der Waals surface area contributed by atoms with Gasteiger partial charge in [-0.1, -0.05) is 20.3 Å². The van der Waals surface area contributed by atoms with Crippen LogP contribution >= 0.6 is 15.9 Å². The number of hydrogen-bond acceptors (Lipinski definition) is 3. The van der Waals surface area contributed by atoms with Crippen molar-refractivity contribution >= 4 is 21.9 Å². The normalized spacial score (nSPS) is 19.2. The van der Waals surface area contributed by atoms with Crippen molar-refractivity contribution in [2.24, 2.45) is 0 Å². The Hall–Kier alpha value is -1.23. The van der Waals surface area contributed by atoms with Crippen molar-refractivity contribution in [2.45, 2.75) is 44.4 Å². The molecule has 4 nitrogen and oxygen atoms in total. The molecule has 1 saturated carbocycles. The maximum absolute atomic E-state index is 11.9. The summed E-state index contributed by atoms with van der Waals surface area (Å²) in [4.78, 5) is 11.9. The molecule has 3 rings (SSSR count). The number of halogens is 1. The number of ether oxygens (including phenoxy) is 2. The zero-order chi connectivity index (χ0) is 15.2. The maximum atomic E-state index is 11.9. The molecule has 0 atom stereocenters. The summed E-state index contributed by atoms with van der Waals surface area (Å²) in [6.07, 6.45) is 2.33. The summed E-state index contributed by atoms with van der Waals surface area (Å²) in [7, 11) is 0. The second-order valence-electron chi connectivity index (χ2n) is 6.07. The van der Waals surface area contributed by atoms with Gasteiger partial charge in [0.1, 0.15) is 13.2 Å². The predicted octanol–water partition coefficient (Wildman–Crippen LogP) is 3.85. The van der Waals surface area contributed by atoms with Crippen LogP contribution in [0.3, 0.4) is 0 Å². The van der Waals surface area contributed by atoms with Crippen LogP contribution in [0.4, 0.5) is 0 Å². The highest BCUT2D eigenvalue weighted by atomic mass is 79.9. The smallest absolute Gasteiger partial charge is 0.314 e. The average Bonchev–Trinajstić information content (AvgIpc) is 2.36. The maximum Gasteiger partial charge on any atom is 0.314 e. The van der Waals surface area contributed by atoms with E-state index in [-0.39, 0.29) is 5.92 Å². The molecule has 1 heterocycles. The van der Waals surface area contributed by atoms with Gasteiger partial charge >= 0.3 is 5.97 Å². The van der Waals surface area contributed by atoms with E-state index in [1.54, 1.807) is 0 Å². The Bertz CT molecular complexity index is 590. The number of carboxylic acid groups (broad SMARTS) is 1. The van der Waals surface area contributed by atoms with E-state index in [1.165, 1.54) is 0 Å². The van der Waals surface area contributed by atoms with Crippen LogP contribution in [0, 0.1) is 0 Å². The van der Waals surface area contributed by atoms with Crippen molar-refractivity contribution in [1.82, 2.24) is 0 Å². The fraction of sp³-hybridized carbons (Fsp3) is 0.562. The van der Waals surface area contributed by atoms with Crippen LogP contribution in [0.1, 0.15) is 50.2 Å². The van der Waals surface area contributed by atoms with Crippen molar-refractivity contribution in [3.8, 4) is 11.5 Å². The van der Waals surface area contributed by atoms with Gasteiger partial charge in [0.05, 0.1) is 9.89 Å². The third kappa shape index (κ3) is 2.13. The number of carbonyl (C=O) groups is 1. The van der Waals surface area contributed by atoms with Crippen molar-refractivity contribution in [2.75, 3.05) is 13.2 Å². The van der Waals surface area contributed by atoms with Crippen LogP contribution in [0.5, 0.6) is 11.5 Å². The molecule has 1 fully saturated rings. The largest absolute Gasteiger partial charge is 0.486 e. The third-order valence-corrected chi connectivity index (χ3v) is 5.31. The average molecular weight is 355 g/mol. The first kappa shape index (κ1) is 14.7. The number of fused-ring (bicyclic) bond motifs is 1. The Labute approximate surface area is 132 Å². The molecular formula is C16H19BrO4. The van der Waals surface area contributed by atoms with Crippen molar-refractivity contribution < 1.29 is 19.4 Å². The van der Waals surface area contributed by atoms with Crippen LogP contribution < -0.4 is 9.47 Å². The quantitative estimate of drug-likeness (QED) is 0.895. The monoisotopic (exact) mass is 354 g/mol. The molecule has 0 saturated heterocycles. The molecule has 1 aliphatic carbocycles. The zero-order valence-electron chi connectivity index (χ0n) is 12.2. The second kappa shape index (κ2) is 5.20. The zero-order valence-corrected chi connectivity index (χ0v) is 13.8. The molecule has 0 spiro atoms. The summed E-state index contributed by atoms with van der Waals surface area (Å²) in [5.74, 6) is 0.829. The van der Waals surface area contributed by atoms with E-state index >= 15 is 0 Å². The molecule has 0 bridgehead atoms. The van der Waals surface area contributed by atoms with Gasteiger partial charge in [0.25, 0.3) is 0 Å². The van der Waals surface area contributed by atoms with E-state index in [2.05, 4.69) is 29.8 Å². The standard InChI is InChI=1S/C16H19BrO4/c1-9(2)12-10(16(15(18)19)4-3-5-16)8-11-14(13(12)17)21-7-6-20-11/h8-9H,3-7H2,1-2H3,(H,18,19). The number of benzene rings is 1. The van der Waals surface area contributed by atoms with Crippen LogP contribution in [-0.4, -0.2) is 24.3 Å². The fourth-order valence-electron chi connectivity index (χ4n) is 3.25. The Morgan fingerprint density at radius 1 is 1.33 bits per heavy atom. The number of carboxylic acids is 1. The molecule has 2 aliphatic rings. The molecule has 1 aliphatic heterocycles. The van der Waals surface area contributed by atoms with E-state index in [0.29, 0.717) is 37.6 Å². The second-order valence-corrected chi connectivity index (χ2v) is 6.86. The first-order valence-corrected chi connectivity index (χ1v) is 8.12. The lowest BCUT2D eigenvalue weighted by Gasteiger charge is -2.41. The number of rotatable bonds is 3. The molecule has 114 valence electrons. The SMILES string of the molecule is CC(C)c1c(C2(C(=O)O)CCC2)cc2c(c1Br)OCCO2. The topological polar surface area (TPSA) is 55.8 Å².